The van der Waals surface area contributed by atoms with Crippen LogP contribution in [-0.2, 0) is 24.8 Å². The molecule has 1 aliphatic heterocycles. The van der Waals surface area contributed by atoms with Crippen molar-refractivity contribution in [1.82, 2.24) is 4.31 Å². The molecule has 1 amide bonds. The molecule has 0 unspecified atom stereocenters. The van der Waals surface area contributed by atoms with Crippen molar-refractivity contribution in [2.75, 3.05) is 29.3 Å². The fourth-order valence-electron chi connectivity index (χ4n) is 3.75. The number of benzene rings is 3. The number of carbonyl (C=O) groups excluding carboxylic acids is 1. The van der Waals surface area contributed by atoms with Gasteiger partial charge in [-0.25, -0.2) is 16.8 Å². The van der Waals surface area contributed by atoms with E-state index in [2.05, 4.69) is 5.32 Å². The highest BCUT2D eigenvalue weighted by Gasteiger charge is 2.28. The predicted molar refractivity (Wildman–Crippen MR) is 130 cm³/mol. The number of hydrogen-bond donors (Lipinski definition) is 1. The average Bonchev–Trinajstić information content (AvgIpc) is 3.40. The molecular weight excluding hydrogens is 474 g/mol. The van der Waals surface area contributed by atoms with Crippen LogP contribution in [0.5, 0.6) is 0 Å². The second-order valence-corrected chi connectivity index (χ2v) is 11.6. The molecule has 1 saturated heterocycles. The van der Waals surface area contributed by atoms with Crippen LogP contribution in [0.25, 0.3) is 0 Å². The summed E-state index contributed by atoms with van der Waals surface area (Å²) in [6.07, 6.45) is 1.69. The van der Waals surface area contributed by atoms with Crippen LogP contribution in [0.1, 0.15) is 12.8 Å². The van der Waals surface area contributed by atoms with Crippen molar-refractivity contribution < 1.29 is 21.6 Å². The summed E-state index contributed by atoms with van der Waals surface area (Å²) >= 11 is 0. The van der Waals surface area contributed by atoms with E-state index in [-0.39, 0.29) is 9.79 Å². The van der Waals surface area contributed by atoms with Gasteiger partial charge in [-0.1, -0.05) is 36.4 Å². The highest BCUT2D eigenvalue weighted by molar-refractivity contribution is 7.92. The Bertz CT molecular complexity index is 1340. The van der Waals surface area contributed by atoms with Gasteiger partial charge in [-0.05, 0) is 61.4 Å². The van der Waals surface area contributed by atoms with Crippen LogP contribution in [0, 0.1) is 0 Å². The van der Waals surface area contributed by atoms with Gasteiger partial charge in [-0.15, -0.1) is 0 Å². The minimum Gasteiger partial charge on any atom is -0.325 e. The zero-order chi connectivity index (χ0) is 24.2. The topological polar surface area (TPSA) is 104 Å². The van der Waals surface area contributed by atoms with Gasteiger partial charge in [-0.2, -0.15) is 4.31 Å². The molecule has 3 aromatic rings. The van der Waals surface area contributed by atoms with Gasteiger partial charge < -0.3 is 5.32 Å². The molecule has 8 nitrogen and oxygen atoms in total. The summed E-state index contributed by atoms with van der Waals surface area (Å²) in [6, 6.07) is 22.2. The van der Waals surface area contributed by atoms with E-state index in [1.165, 1.54) is 40.7 Å². The largest absolute Gasteiger partial charge is 0.325 e. The quantitative estimate of drug-likeness (QED) is 0.512. The second kappa shape index (κ2) is 9.96. The number of amides is 1. The monoisotopic (exact) mass is 499 g/mol. The minimum absolute atomic E-state index is 0.0723. The molecule has 34 heavy (non-hydrogen) atoms. The van der Waals surface area contributed by atoms with Crippen LogP contribution >= 0.6 is 0 Å². The maximum absolute atomic E-state index is 13.3. The molecule has 0 saturated carbocycles. The Labute approximate surface area is 199 Å². The van der Waals surface area contributed by atoms with Crippen LogP contribution in [0.2, 0.25) is 0 Å². The van der Waals surface area contributed by atoms with E-state index in [1.807, 2.05) is 0 Å². The summed E-state index contributed by atoms with van der Waals surface area (Å²) in [4.78, 5) is 13.1. The fraction of sp³-hybridized carbons (Fsp3) is 0.208. The molecule has 0 spiro atoms. The summed E-state index contributed by atoms with van der Waals surface area (Å²) in [6.45, 7) is 0.563. The molecule has 178 valence electrons. The number of nitrogens with zero attached hydrogens (tertiary/aromatic N) is 2. The lowest BCUT2D eigenvalue weighted by atomic mass is 10.3. The molecule has 0 aromatic heterocycles. The van der Waals surface area contributed by atoms with Crippen molar-refractivity contribution in [3.8, 4) is 0 Å². The van der Waals surface area contributed by atoms with E-state index in [1.54, 1.807) is 48.5 Å². The Morgan fingerprint density at radius 2 is 1.32 bits per heavy atom. The Morgan fingerprint density at radius 1 is 0.765 bits per heavy atom. The van der Waals surface area contributed by atoms with Gasteiger partial charge in [0, 0.05) is 18.8 Å². The summed E-state index contributed by atoms with van der Waals surface area (Å²) in [5.41, 5.74) is 0.726. The highest BCUT2D eigenvalue weighted by atomic mass is 32.2. The molecule has 0 atom stereocenters. The van der Waals surface area contributed by atoms with Gasteiger partial charge in [0.2, 0.25) is 15.9 Å². The zero-order valence-corrected chi connectivity index (χ0v) is 20.0. The first-order chi connectivity index (χ1) is 16.3. The third kappa shape index (κ3) is 5.14. The molecule has 1 heterocycles. The maximum Gasteiger partial charge on any atom is 0.264 e. The van der Waals surface area contributed by atoms with Crippen LogP contribution in [0.15, 0.2) is 94.7 Å². The van der Waals surface area contributed by atoms with Gasteiger partial charge in [0.25, 0.3) is 10.0 Å². The van der Waals surface area contributed by atoms with Crippen molar-refractivity contribution in [1.29, 1.82) is 0 Å². The van der Waals surface area contributed by atoms with E-state index in [0.717, 1.165) is 17.1 Å². The third-order valence-corrected chi connectivity index (χ3v) is 9.20. The van der Waals surface area contributed by atoms with Gasteiger partial charge in [0.15, 0.2) is 0 Å². The molecule has 3 aromatic carbocycles. The van der Waals surface area contributed by atoms with E-state index >= 15 is 0 Å². The normalized spacial score (nSPS) is 14.6. The fourth-order valence-corrected chi connectivity index (χ4v) is 6.71. The molecule has 1 N–H and O–H groups in total. The Hall–Kier alpha value is -3.21. The number of hydrogen-bond acceptors (Lipinski definition) is 5. The maximum atomic E-state index is 13.3. The molecule has 10 heteroatoms. The molecular formula is C24H25N3O5S2. The van der Waals surface area contributed by atoms with Crippen molar-refractivity contribution in [2.24, 2.45) is 0 Å². The molecule has 0 radical (unpaired) electrons. The van der Waals surface area contributed by atoms with E-state index < -0.39 is 32.5 Å². The first-order valence-electron chi connectivity index (χ1n) is 10.8. The summed E-state index contributed by atoms with van der Waals surface area (Å²) in [5, 5.41) is 2.66. The molecule has 1 fully saturated rings. The van der Waals surface area contributed by atoms with E-state index in [4.69, 9.17) is 0 Å². The summed E-state index contributed by atoms with van der Waals surface area (Å²) in [7, 11) is -7.55. The molecule has 0 aliphatic carbocycles. The first-order valence-corrected chi connectivity index (χ1v) is 13.7. The lowest BCUT2D eigenvalue weighted by molar-refractivity contribution is -0.114. The van der Waals surface area contributed by atoms with Crippen LogP contribution in [0.4, 0.5) is 11.4 Å². The van der Waals surface area contributed by atoms with Gasteiger partial charge in [0.05, 0.1) is 15.5 Å². The number of sulfonamides is 2. The first kappa shape index (κ1) is 23.9. The number of carbonyl (C=O) groups is 1. The Morgan fingerprint density at radius 3 is 1.91 bits per heavy atom. The van der Waals surface area contributed by atoms with Crippen molar-refractivity contribution >= 4 is 37.3 Å². The van der Waals surface area contributed by atoms with E-state index in [0.29, 0.717) is 24.5 Å². The van der Waals surface area contributed by atoms with Gasteiger partial charge in [0.1, 0.15) is 6.54 Å². The minimum atomic E-state index is -3.99. The van der Waals surface area contributed by atoms with Gasteiger partial charge >= 0.3 is 0 Å². The average molecular weight is 500 g/mol. The third-order valence-electron chi connectivity index (χ3n) is 5.50. The lowest BCUT2D eigenvalue weighted by Gasteiger charge is -2.24. The number of para-hydroxylation sites is 1. The highest BCUT2D eigenvalue weighted by Crippen LogP contribution is 2.24. The van der Waals surface area contributed by atoms with E-state index in [9.17, 15) is 21.6 Å². The van der Waals surface area contributed by atoms with Crippen molar-refractivity contribution in [2.45, 2.75) is 22.6 Å². The standard InChI is InChI=1S/C24H25N3O5S2/c28-24(25-20-13-15-23(16-14-20)33(29,30)26-17-7-8-18-26)19-27(21-9-3-1-4-10-21)34(31,32)22-11-5-2-6-12-22/h1-6,9-16H,7-8,17-19H2,(H,25,28). The van der Waals surface area contributed by atoms with Crippen molar-refractivity contribution in [3.05, 3.63) is 84.9 Å². The number of rotatable bonds is 8. The molecule has 0 bridgehead atoms. The summed E-state index contributed by atoms with van der Waals surface area (Å²) in [5.74, 6) is -0.557. The van der Waals surface area contributed by atoms with Crippen LogP contribution < -0.4 is 9.62 Å². The lowest BCUT2D eigenvalue weighted by Crippen LogP contribution is -2.38. The van der Waals surface area contributed by atoms with Gasteiger partial charge in [-0.3, -0.25) is 9.10 Å². The molecule has 4 rings (SSSR count). The summed E-state index contributed by atoms with van der Waals surface area (Å²) < 4.78 is 54.4. The SMILES string of the molecule is O=C(CN(c1ccccc1)S(=O)(=O)c1ccccc1)Nc1ccc(S(=O)(=O)N2CCCC2)cc1. The van der Waals surface area contributed by atoms with Crippen LogP contribution in [0.3, 0.4) is 0 Å². The van der Waals surface area contributed by atoms with Crippen LogP contribution in [-0.4, -0.2) is 46.7 Å². The second-order valence-electron chi connectivity index (χ2n) is 7.84. The zero-order valence-electron chi connectivity index (χ0n) is 18.4. The smallest absolute Gasteiger partial charge is 0.264 e. The predicted octanol–water partition coefficient (Wildman–Crippen LogP) is 3.31. The Kier molecular flexibility index (Phi) is 7.01. The Balaban J connectivity index is 1.52. The van der Waals surface area contributed by atoms with Crippen molar-refractivity contribution in [3.63, 3.8) is 0 Å². The number of nitrogens with one attached hydrogen (secondary N) is 1. The molecule has 1 aliphatic rings. The number of anilines is 2.